The molecular formula is C18H20N4OS. The lowest BCUT2D eigenvalue weighted by molar-refractivity contribution is -0.121. The molecular weight excluding hydrogens is 320 g/mol. The molecule has 0 spiro atoms. The largest absolute Gasteiger partial charge is 0.354 e. The minimum absolute atomic E-state index is 0.00407. The third-order valence-electron chi connectivity index (χ3n) is 3.77. The van der Waals surface area contributed by atoms with Gasteiger partial charge in [-0.1, -0.05) is 18.2 Å². The molecule has 0 aliphatic carbocycles. The van der Waals surface area contributed by atoms with Crippen LogP contribution in [0, 0.1) is 0 Å². The summed E-state index contributed by atoms with van der Waals surface area (Å²) in [5.74, 6) is 1.73. The Morgan fingerprint density at radius 2 is 2.12 bits per heavy atom. The maximum Gasteiger partial charge on any atom is 0.240 e. The van der Waals surface area contributed by atoms with Crippen LogP contribution in [0.4, 0.5) is 0 Å². The van der Waals surface area contributed by atoms with Gasteiger partial charge in [0.2, 0.25) is 5.91 Å². The average Bonchev–Trinajstić information content (AvgIpc) is 2.94. The highest BCUT2D eigenvalue weighted by Gasteiger charge is 2.12. The van der Waals surface area contributed by atoms with Gasteiger partial charge in [-0.25, -0.2) is 4.98 Å². The molecule has 3 aromatic rings. The van der Waals surface area contributed by atoms with Crippen molar-refractivity contribution < 1.29 is 4.79 Å². The summed E-state index contributed by atoms with van der Waals surface area (Å²) in [5, 5.41) is 2.98. The van der Waals surface area contributed by atoms with Gasteiger partial charge in [0.1, 0.15) is 12.4 Å². The third kappa shape index (κ3) is 3.94. The Kier molecular flexibility index (Phi) is 5.48. The fraction of sp³-hybridized carbons (Fsp3) is 0.278. The Bertz CT molecular complexity index is 816. The maximum atomic E-state index is 12.3. The topological polar surface area (TPSA) is 59.8 Å². The van der Waals surface area contributed by atoms with Gasteiger partial charge >= 0.3 is 0 Å². The van der Waals surface area contributed by atoms with Crippen molar-refractivity contribution in [3.63, 3.8) is 0 Å². The van der Waals surface area contributed by atoms with E-state index in [1.807, 2.05) is 53.4 Å². The second-order valence-corrected chi connectivity index (χ2v) is 6.36. The lowest BCUT2D eigenvalue weighted by Crippen LogP contribution is -2.29. The van der Waals surface area contributed by atoms with Gasteiger partial charge < -0.3 is 9.88 Å². The van der Waals surface area contributed by atoms with Crippen molar-refractivity contribution in [3.05, 3.63) is 60.2 Å². The number of imidazole rings is 1. The fourth-order valence-corrected chi connectivity index (χ4v) is 3.11. The number of fused-ring (bicyclic) bond motifs is 1. The lowest BCUT2D eigenvalue weighted by atomic mass is 10.2. The highest BCUT2D eigenvalue weighted by molar-refractivity contribution is 7.97. The molecule has 6 heteroatoms. The van der Waals surface area contributed by atoms with Crippen molar-refractivity contribution in [1.29, 1.82) is 0 Å². The van der Waals surface area contributed by atoms with Crippen molar-refractivity contribution in [2.24, 2.45) is 0 Å². The minimum atomic E-state index is 0.00407. The summed E-state index contributed by atoms with van der Waals surface area (Å²) in [6.07, 6.45) is 6.39. The minimum Gasteiger partial charge on any atom is -0.354 e. The molecule has 3 rings (SSSR count). The van der Waals surface area contributed by atoms with Gasteiger partial charge in [-0.05, 0) is 36.4 Å². The van der Waals surface area contributed by atoms with Gasteiger partial charge in [0.25, 0.3) is 0 Å². The first-order valence-corrected chi connectivity index (χ1v) is 9.26. The van der Waals surface area contributed by atoms with Gasteiger partial charge in [0.05, 0.1) is 16.8 Å². The van der Waals surface area contributed by atoms with E-state index in [1.165, 1.54) is 0 Å². The van der Waals surface area contributed by atoms with Crippen LogP contribution in [0.3, 0.4) is 0 Å². The monoisotopic (exact) mass is 340 g/mol. The van der Waals surface area contributed by atoms with E-state index in [-0.39, 0.29) is 5.91 Å². The first-order chi connectivity index (χ1) is 11.8. The Morgan fingerprint density at radius 3 is 2.92 bits per heavy atom. The zero-order valence-electron chi connectivity index (χ0n) is 13.6. The summed E-state index contributed by atoms with van der Waals surface area (Å²) < 4.78 is 2.01. The molecule has 0 unspecified atom stereocenters. The number of aromatic nitrogens is 3. The molecule has 0 atom stereocenters. The SMILES string of the molecule is CSCc1nc2ccccc2n1CC(=O)NCCc1cccnc1. The predicted molar refractivity (Wildman–Crippen MR) is 97.9 cm³/mol. The number of nitrogens with one attached hydrogen (secondary N) is 1. The van der Waals surface area contributed by atoms with Crippen LogP contribution in [0.5, 0.6) is 0 Å². The second kappa shape index (κ2) is 7.97. The zero-order chi connectivity index (χ0) is 16.8. The van der Waals surface area contributed by atoms with Crippen molar-refractivity contribution in [1.82, 2.24) is 19.9 Å². The zero-order valence-corrected chi connectivity index (χ0v) is 14.4. The number of benzene rings is 1. The van der Waals surface area contributed by atoms with Crippen molar-refractivity contribution in [3.8, 4) is 0 Å². The van der Waals surface area contributed by atoms with Gasteiger partial charge in [0.15, 0.2) is 0 Å². The molecule has 24 heavy (non-hydrogen) atoms. The molecule has 1 N–H and O–H groups in total. The second-order valence-electron chi connectivity index (χ2n) is 5.50. The number of thioether (sulfide) groups is 1. The van der Waals surface area contributed by atoms with Crippen molar-refractivity contribution >= 4 is 28.7 Å². The van der Waals surface area contributed by atoms with E-state index in [0.717, 1.165) is 34.6 Å². The summed E-state index contributed by atoms with van der Waals surface area (Å²) in [5.41, 5.74) is 3.06. The van der Waals surface area contributed by atoms with E-state index in [9.17, 15) is 4.79 Å². The number of carbonyl (C=O) groups excluding carboxylic acids is 1. The Hall–Kier alpha value is -2.34. The van der Waals surface area contributed by atoms with E-state index in [0.29, 0.717) is 13.1 Å². The van der Waals surface area contributed by atoms with Crippen LogP contribution in [0.15, 0.2) is 48.8 Å². The first kappa shape index (κ1) is 16.5. The number of amides is 1. The van der Waals surface area contributed by atoms with Crippen LogP contribution in [0.1, 0.15) is 11.4 Å². The Morgan fingerprint density at radius 1 is 1.25 bits per heavy atom. The maximum absolute atomic E-state index is 12.3. The summed E-state index contributed by atoms with van der Waals surface area (Å²) in [7, 11) is 0. The smallest absolute Gasteiger partial charge is 0.240 e. The Labute approximate surface area is 145 Å². The van der Waals surface area contributed by atoms with Gasteiger partial charge in [-0.2, -0.15) is 11.8 Å². The number of carbonyl (C=O) groups is 1. The fourth-order valence-electron chi connectivity index (χ4n) is 2.63. The van der Waals surface area contributed by atoms with Crippen molar-refractivity contribution in [2.45, 2.75) is 18.7 Å². The van der Waals surface area contributed by atoms with Gasteiger partial charge in [-0.3, -0.25) is 9.78 Å². The molecule has 1 aromatic carbocycles. The number of pyridine rings is 1. The summed E-state index contributed by atoms with van der Waals surface area (Å²) in [6, 6.07) is 11.9. The van der Waals surface area contributed by atoms with E-state index in [1.54, 1.807) is 18.0 Å². The van der Waals surface area contributed by atoms with E-state index >= 15 is 0 Å². The standard InChI is InChI=1S/C18H20N4OS/c1-24-13-17-21-15-6-2-3-7-16(15)22(17)12-18(23)20-10-8-14-5-4-9-19-11-14/h2-7,9,11H,8,10,12-13H2,1H3,(H,20,23). The van der Waals surface area contributed by atoms with Gasteiger partial charge in [0, 0.05) is 18.9 Å². The number of para-hydroxylation sites is 2. The van der Waals surface area contributed by atoms with Crippen LogP contribution in [0.25, 0.3) is 11.0 Å². The molecule has 0 aliphatic heterocycles. The van der Waals surface area contributed by atoms with Gasteiger partial charge in [-0.15, -0.1) is 0 Å². The van der Waals surface area contributed by atoms with E-state index < -0.39 is 0 Å². The summed E-state index contributed by atoms with van der Waals surface area (Å²) in [6.45, 7) is 0.901. The molecule has 1 amide bonds. The molecule has 2 heterocycles. The van der Waals surface area contributed by atoms with Crippen LogP contribution in [0.2, 0.25) is 0 Å². The first-order valence-electron chi connectivity index (χ1n) is 7.86. The van der Waals surface area contributed by atoms with Crippen LogP contribution < -0.4 is 5.32 Å². The number of rotatable bonds is 7. The van der Waals surface area contributed by atoms with E-state index in [2.05, 4.69) is 15.3 Å². The lowest BCUT2D eigenvalue weighted by Gasteiger charge is -2.09. The molecule has 0 aliphatic rings. The quantitative estimate of drug-likeness (QED) is 0.718. The highest BCUT2D eigenvalue weighted by atomic mass is 32.2. The molecule has 124 valence electrons. The molecule has 2 aromatic heterocycles. The molecule has 5 nitrogen and oxygen atoms in total. The van der Waals surface area contributed by atoms with E-state index in [4.69, 9.17) is 0 Å². The molecule has 0 radical (unpaired) electrons. The third-order valence-corrected chi connectivity index (χ3v) is 4.31. The molecule has 0 saturated heterocycles. The Balaban J connectivity index is 1.65. The predicted octanol–water partition coefficient (Wildman–Crippen LogP) is 2.65. The number of hydrogen-bond acceptors (Lipinski definition) is 4. The summed E-state index contributed by atoms with van der Waals surface area (Å²) >= 11 is 1.70. The molecule has 0 bridgehead atoms. The normalized spacial score (nSPS) is 10.9. The number of nitrogens with zero attached hydrogens (tertiary/aromatic N) is 3. The van der Waals surface area contributed by atoms with Crippen LogP contribution in [-0.2, 0) is 23.5 Å². The molecule has 0 saturated carbocycles. The van der Waals surface area contributed by atoms with Crippen LogP contribution >= 0.6 is 11.8 Å². The van der Waals surface area contributed by atoms with Crippen molar-refractivity contribution in [2.75, 3.05) is 12.8 Å². The molecule has 0 fully saturated rings. The number of hydrogen-bond donors (Lipinski definition) is 1. The van der Waals surface area contributed by atoms with Crippen LogP contribution in [-0.4, -0.2) is 33.2 Å². The average molecular weight is 340 g/mol. The highest BCUT2D eigenvalue weighted by Crippen LogP contribution is 2.18. The summed E-state index contributed by atoms with van der Waals surface area (Å²) in [4.78, 5) is 21.0.